The van der Waals surface area contributed by atoms with Crippen LogP contribution in [0.2, 0.25) is 0 Å². The number of likely N-dealkylation sites (tertiary alicyclic amines) is 1. The van der Waals surface area contributed by atoms with E-state index in [0.717, 1.165) is 5.69 Å². The maximum atomic E-state index is 12.6. The van der Waals surface area contributed by atoms with Gasteiger partial charge in [0.1, 0.15) is 5.54 Å². The number of hydrogen-bond donors (Lipinski definition) is 2. The maximum Gasteiger partial charge on any atom is 0.329 e. The normalized spacial score (nSPS) is 24.0. The Balaban J connectivity index is 1.80. The van der Waals surface area contributed by atoms with Gasteiger partial charge in [0.15, 0.2) is 0 Å². The van der Waals surface area contributed by atoms with Crippen LogP contribution in [0.3, 0.4) is 0 Å². The first-order chi connectivity index (χ1) is 10.9. The van der Waals surface area contributed by atoms with Gasteiger partial charge in [0.2, 0.25) is 0 Å². The molecule has 1 aromatic carbocycles. The van der Waals surface area contributed by atoms with Crippen molar-refractivity contribution in [3.8, 4) is 0 Å². The minimum absolute atomic E-state index is 0.151. The number of anilines is 1. The molecular formula is C16H19N3O4. The van der Waals surface area contributed by atoms with Crippen molar-refractivity contribution in [2.24, 2.45) is 0 Å². The number of carbonyl (C=O) groups is 3. The predicted molar refractivity (Wildman–Crippen MR) is 83.5 cm³/mol. The first-order valence-corrected chi connectivity index (χ1v) is 7.64. The van der Waals surface area contributed by atoms with Gasteiger partial charge in [-0.05, 0) is 44.0 Å². The molecule has 3 rings (SSSR count). The average molecular weight is 317 g/mol. The molecule has 0 aliphatic carbocycles. The number of benzene rings is 1. The van der Waals surface area contributed by atoms with Crippen LogP contribution in [0.4, 0.5) is 10.5 Å². The highest BCUT2D eigenvalue weighted by Gasteiger charge is 2.46. The first-order valence-electron chi connectivity index (χ1n) is 7.64. The topological polar surface area (TPSA) is 89.9 Å². The van der Waals surface area contributed by atoms with Gasteiger partial charge in [-0.25, -0.2) is 9.59 Å². The summed E-state index contributed by atoms with van der Waals surface area (Å²) in [6.45, 7) is 3.22. The molecule has 2 aliphatic rings. The van der Waals surface area contributed by atoms with Gasteiger partial charge in [0.25, 0.3) is 5.91 Å². The zero-order valence-corrected chi connectivity index (χ0v) is 12.9. The molecule has 3 amide bonds. The Kier molecular flexibility index (Phi) is 3.71. The molecule has 1 atom stereocenters. The lowest BCUT2D eigenvalue weighted by molar-refractivity contribution is -0.147. The van der Waals surface area contributed by atoms with Crippen molar-refractivity contribution < 1.29 is 19.5 Å². The highest BCUT2D eigenvalue weighted by molar-refractivity contribution is 5.99. The number of hydrogen-bond acceptors (Lipinski definition) is 3. The number of aliphatic carboxylic acids is 1. The minimum Gasteiger partial charge on any atom is -0.480 e. The third kappa shape index (κ3) is 2.52. The third-order valence-electron chi connectivity index (χ3n) is 4.63. The molecule has 0 unspecified atom stereocenters. The number of urea groups is 1. The van der Waals surface area contributed by atoms with E-state index in [9.17, 15) is 19.5 Å². The van der Waals surface area contributed by atoms with Crippen molar-refractivity contribution in [1.82, 2.24) is 10.2 Å². The molecule has 7 nitrogen and oxygen atoms in total. The molecule has 2 aliphatic heterocycles. The summed E-state index contributed by atoms with van der Waals surface area (Å²) in [5, 5.41) is 12.1. The summed E-state index contributed by atoms with van der Waals surface area (Å²) in [4.78, 5) is 38.8. The van der Waals surface area contributed by atoms with E-state index in [2.05, 4.69) is 5.32 Å². The standard InChI is InChI=1S/C16H19N3O4/c1-16(14(21)22)7-2-9-19(16)13(20)11-3-5-12(6-4-11)18-10-8-17-15(18)23/h3-6H,2,7-10H2,1H3,(H,17,23)(H,21,22)/t16-/m0/s1. The van der Waals surface area contributed by atoms with Crippen LogP contribution in [0.15, 0.2) is 24.3 Å². The summed E-state index contributed by atoms with van der Waals surface area (Å²) in [6, 6.07) is 6.56. The Morgan fingerprint density at radius 3 is 2.48 bits per heavy atom. The van der Waals surface area contributed by atoms with E-state index in [-0.39, 0.29) is 11.9 Å². The molecule has 23 heavy (non-hydrogen) atoms. The molecule has 2 saturated heterocycles. The Morgan fingerprint density at radius 2 is 1.91 bits per heavy atom. The van der Waals surface area contributed by atoms with Crippen molar-refractivity contribution in [3.63, 3.8) is 0 Å². The Morgan fingerprint density at radius 1 is 1.22 bits per heavy atom. The molecule has 1 aromatic rings. The number of carboxylic acid groups (broad SMARTS) is 1. The highest BCUT2D eigenvalue weighted by atomic mass is 16.4. The monoisotopic (exact) mass is 317 g/mol. The van der Waals surface area contributed by atoms with E-state index < -0.39 is 11.5 Å². The lowest BCUT2D eigenvalue weighted by Gasteiger charge is -2.31. The summed E-state index contributed by atoms with van der Waals surface area (Å²) < 4.78 is 0. The number of nitrogens with zero attached hydrogens (tertiary/aromatic N) is 2. The molecule has 2 fully saturated rings. The predicted octanol–water partition coefficient (Wildman–Crippen LogP) is 1.30. The summed E-state index contributed by atoms with van der Waals surface area (Å²) >= 11 is 0. The van der Waals surface area contributed by atoms with Crippen LogP contribution in [-0.2, 0) is 4.79 Å². The summed E-state index contributed by atoms with van der Waals surface area (Å²) in [7, 11) is 0. The lowest BCUT2D eigenvalue weighted by atomic mass is 9.98. The van der Waals surface area contributed by atoms with E-state index >= 15 is 0 Å². The summed E-state index contributed by atoms with van der Waals surface area (Å²) in [5.74, 6) is -1.27. The highest BCUT2D eigenvalue weighted by Crippen LogP contribution is 2.31. The number of carboxylic acids is 1. The van der Waals surface area contributed by atoms with Gasteiger partial charge in [0.05, 0.1) is 0 Å². The number of carbonyl (C=O) groups excluding carboxylic acids is 2. The number of nitrogens with one attached hydrogen (secondary N) is 1. The Bertz CT molecular complexity index is 658. The second-order valence-electron chi connectivity index (χ2n) is 6.07. The summed E-state index contributed by atoms with van der Waals surface area (Å²) in [5.41, 5.74) is 0.00613. The van der Waals surface area contributed by atoms with Gasteiger partial charge < -0.3 is 15.3 Å². The zero-order chi connectivity index (χ0) is 16.6. The van der Waals surface area contributed by atoms with E-state index in [1.54, 1.807) is 36.1 Å². The van der Waals surface area contributed by atoms with Gasteiger partial charge in [-0.1, -0.05) is 0 Å². The fraction of sp³-hybridized carbons (Fsp3) is 0.438. The van der Waals surface area contributed by atoms with Crippen molar-refractivity contribution >= 4 is 23.6 Å². The number of amides is 3. The molecule has 0 spiro atoms. The van der Waals surface area contributed by atoms with Crippen LogP contribution in [-0.4, -0.2) is 53.1 Å². The summed E-state index contributed by atoms with van der Waals surface area (Å²) in [6.07, 6.45) is 1.14. The fourth-order valence-electron chi connectivity index (χ4n) is 3.17. The quantitative estimate of drug-likeness (QED) is 0.879. The fourth-order valence-corrected chi connectivity index (χ4v) is 3.17. The second-order valence-corrected chi connectivity index (χ2v) is 6.07. The SMILES string of the molecule is C[C@@]1(C(=O)O)CCCN1C(=O)c1ccc(N2CCNC2=O)cc1. The second kappa shape index (κ2) is 5.57. The van der Waals surface area contributed by atoms with Crippen LogP contribution in [0.5, 0.6) is 0 Å². The van der Waals surface area contributed by atoms with Gasteiger partial charge in [-0.15, -0.1) is 0 Å². The molecule has 0 radical (unpaired) electrons. The smallest absolute Gasteiger partial charge is 0.329 e. The molecule has 0 aromatic heterocycles. The van der Waals surface area contributed by atoms with Crippen LogP contribution >= 0.6 is 0 Å². The molecule has 0 saturated carbocycles. The zero-order valence-electron chi connectivity index (χ0n) is 12.9. The largest absolute Gasteiger partial charge is 0.480 e. The van der Waals surface area contributed by atoms with Crippen LogP contribution in [0, 0.1) is 0 Å². The van der Waals surface area contributed by atoms with Crippen molar-refractivity contribution in [3.05, 3.63) is 29.8 Å². The molecule has 2 heterocycles. The first kappa shape index (κ1) is 15.3. The third-order valence-corrected chi connectivity index (χ3v) is 4.63. The van der Waals surface area contributed by atoms with Crippen LogP contribution in [0.1, 0.15) is 30.1 Å². The van der Waals surface area contributed by atoms with Gasteiger partial charge in [0, 0.05) is 30.9 Å². The molecule has 0 bridgehead atoms. The van der Waals surface area contributed by atoms with Crippen LogP contribution in [0.25, 0.3) is 0 Å². The van der Waals surface area contributed by atoms with Crippen molar-refractivity contribution in [2.75, 3.05) is 24.5 Å². The van der Waals surface area contributed by atoms with Crippen LogP contribution < -0.4 is 10.2 Å². The van der Waals surface area contributed by atoms with Gasteiger partial charge >= 0.3 is 12.0 Å². The Hall–Kier alpha value is -2.57. The molecular weight excluding hydrogens is 298 g/mol. The molecule has 7 heteroatoms. The minimum atomic E-state index is -1.15. The number of rotatable bonds is 3. The van der Waals surface area contributed by atoms with E-state index in [4.69, 9.17) is 0 Å². The van der Waals surface area contributed by atoms with Crippen molar-refractivity contribution in [2.45, 2.75) is 25.3 Å². The lowest BCUT2D eigenvalue weighted by Crippen LogP contribution is -2.50. The van der Waals surface area contributed by atoms with E-state index in [1.165, 1.54) is 4.90 Å². The van der Waals surface area contributed by atoms with E-state index in [1.807, 2.05) is 0 Å². The van der Waals surface area contributed by atoms with E-state index in [0.29, 0.717) is 38.0 Å². The van der Waals surface area contributed by atoms with Gasteiger partial charge in [-0.2, -0.15) is 0 Å². The molecule has 122 valence electrons. The Labute approximate surface area is 133 Å². The van der Waals surface area contributed by atoms with Gasteiger partial charge in [-0.3, -0.25) is 9.69 Å². The molecule has 2 N–H and O–H groups in total. The van der Waals surface area contributed by atoms with Crippen molar-refractivity contribution in [1.29, 1.82) is 0 Å². The maximum absolute atomic E-state index is 12.6. The average Bonchev–Trinajstić information content (AvgIpc) is 3.13.